The van der Waals surface area contributed by atoms with Crippen molar-refractivity contribution < 1.29 is 14.3 Å². The van der Waals surface area contributed by atoms with Crippen molar-refractivity contribution in [3.05, 3.63) is 69.6 Å². The molecule has 0 saturated carbocycles. The zero-order valence-corrected chi connectivity index (χ0v) is 19.5. The summed E-state index contributed by atoms with van der Waals surface area (Å²) in [6, 6.07) is 14.4. The van der Waals surface area contributed by atoms with Gasteiger partial charge in [-0.3, -0.25) is 4.79 Å². The molecule has 33 heavy (non-hydrogen) atoms. The van der Waals surface area contributed by atoms with Crippen LogP contribution in [0.4, 0.5) is 0 Å². The number of fused-ring (bicyclic) bond motifs is 2. The molecule has 1 amide bonds. The van der Waals surface area contributed by atoms with Gasteiger partial charge >= 0.3 is 0 Å². The predicted octanol–water partition coefficient (Wildman–Crippen LogP) is 5.32. The molecular weight excluding hydrogens is 432 g/mol. The van der Waals surface area contributed by atoms with Gasteiger partial charge in [-0.1, -0.05) is 24.3 Å². The molecule has 0 spiro atoms. The van der Waals surface area contributed by atoms with Gasteiger partial charge in [0, 0.05) is 41.9 Å². The summed E-state index contributed by atoms with van der Waals surface area (Å²) in [7, 11) is 0. The number of aromatic nitrogens is 1. The highest BCUT2D eigenvalue weighted by atomic mass is 32.1. The fourth-order valence-electron chi connectivity index (χ4n) is 5.09. The van der Waals surface area contributed by atoms with E-state index in [2.05, 4.69) is 36.6 Å². The van der Waals surface area contributed by atoms with Gasteiger partial charge in [0.1, 0.15) is 13.2 Å². The monoisotopic (exact) mass is 458 g/mol. The fourth-order valence-corrected chi connectivity index (χ4v) is 6.09. The molecule has 3 aromatic rings. The van der Waals surface area contributed by atoms with E-state index < -0.39 is 0 Å². The lowest BCUT2D eigenvalue weighted by atomic mass is 9.96. The minimum Gasteiger partial charge on any atom is -0.486 e. The molecule has 1 fully saturated rings. The molecule has 5 nitrogen and oxygen atoms in total. The zero-order chi connectivity index (χ0) is 22.4. The third-order valence-electron chi connectivity index (χ3n) is 6.99. The number of likely N-dealkylation sites (tertiary alicyclic amines) is 1. The molecule has 168 valence electrons. The minimum atomic E-state index is 0.207. The number of allylic oxidation sites excluding steroid dienone is 1. The highest BCUT2D eigenvalue weighted by molar-refractivity contribution is 7.10. The Labute approximate surface area is 197 Å². The van der Waals surface area contributed by atoms with Crippen molar-refractivity contribution in [1.82, 2.24) is 9.88 Å². The fraction of sp³-hybridized carbons (Fsp3) is 0.333. The van der Waals surface area contributed by atoms with Crippen molar-refractivity contribution in [3.63, 3.8) is 0 Å². The van der Waals surface area contributed by atoms with E-state index >= 15 is 0 Å². The summed E-state index contributed by atoms with van der Waals surface area (Å²) < 4.78 is 11.4. The summed E-state index contributed by atoms with van der Waals surface area (Å²) in [5.74, 6) is 2.20. The van der Waals surface area contributed by atoms with E-state index in [9.17, 15) is 4.79 Å². The van der Waals surface area contributed by atoms with Crippen LogP contribution in [0.3, 0.4) is 0 Å². The summed E-state index contributed by atoms with van der Waals surface area (Å²) in [6.07, 6.45) is 2.67. The molecule has 1 saturated heterocycles. The first-order valence-corrected chi connectivity index (χ1v) is 12.5. The van der Waals surface area contributed by atoms with Gasteiger partial charge in [-0.2, -0.15) is 0 Å². The molecule has 0 atom stereocenters. The lowest BCUT2D eigenvalue weighted by Crippen LogP contribution is -2.38. The van der Waals surface area contributed by atoms with Crippen LogP contribution in [0.5, 0.6) is 11.5 Å². The van der Waals surface area contributed by atoms with E-state index in [1.54, 1.807) is 11.3 Å². The van der Waals surface area contributed by atoms with Gasteiger partial charge in [0.05, 0.1) is 10.7 Å². The highest BCUT2D eigenvalue weighted by Crippen LogP contribution is 2.38. The number of ether oxygens (including phenoxy) is 2. The Bertz CT molecular complexity index is 1250. The lowest BCUT2D eigenvalue weighted by molar-refractivity contribution is -0.128. The SMILES string of the molecule is CC1=C(C(=O)N2CCC(c3nc(-c4ccc5c(c4)OCCO5)cs3)CC2)Cc2ccccc21. The number of hydrogen-bond acceptors (Lipinski definition) is 5. The molecule has 2 aliphatic heterocycles. The van der Waals surface area contributed by atoms with Gasteiger partial charge < -0.3 is 14.4 Å². The Morgan fingerprint density at radius 3 is 2.67 bits per heavy atom. The van der Waals surface area contributed by atoms with Crippen molar-refractivity contribution in [1.29, 1.82) is 0 Å². The second-order valence-electron chi connectivity index (χ2n) is 8.93. The first-order valence-electron chi connectivity index (χ1n) is 11.6. The van der Waals surface area contributed by atoms with Crippen molar-refractivity contribution in [2.24, 2.45) is 0 Å². The van der Waals surface area contributed by atoms with Crippen LogP contribution in [0, 0.1) is 0 Å². The summed E-state index contributed by atoms with van der Waals surface area (Å²) in [5, 5.41) is 3.29. The second kappa shape index (κ2) is 8.34. The molecule has 0 bridgehead atoms. The number of benzene rings is 2. The van der Waals surface area contributed by atoms with Gasteiger partial charge in [-0.25, -0.2) is 4.98 Å². The Kier molecular flexibility index (Phi) is 5.18. The zero-order valence-electron chi connectivity index (χ0n) is 18.7. The van der Waals surface area contributed by atoms with E-state index in [1.165, 1.54) is 11.1 Å². The third-order valence-corrected chi connectivity index (χ3v) is 8.00. The summed E-state index contributed by atoms with van der Waals surface area (Å²) in [6.45, 7) is 4.84. The Morgan fingerprint density at radius 2 is 1.85 bits per heavy atom. The number of nitrogens with zero attached hydrogens (tertiary/aromatic N) is 2. The van der Waals surface area contributed by atoms with Crippen LogP contribution < -0.4 is 9.47 Å². The number of carbonyl (C=O) groups excluding carboxylic acids is 1. The molecule has 1 aromatic heterocycles. The molecule has 1 aliphatic carbocycles. The smallest absolute Gasteiger partial charge is 0.250 e. The van der Waals surface area contributed by atoms with Crippen LogP contribution in [0.1, 0.15) is 41.8 Å². The van der Waals surface area contributed by atoms with Crippen LogP contribution in [-0.4, -0.2) is 42.1 Å². The summed E-state index contributed by atoms with van der Waals surface area (Å²) in [5.41, 5.74) is 6.63. The van der Waals surface area contributed by atoms with Gasteiger partial charge in [0.2, 0.25) is 5.91 Å². The number of piperidine rings is 1. The van der Waals surface area contributed by atoms with Crippen LogP contribution >= 0.6 is 11.3 Å². The maximum Gasteiger partial charge on any atom is 0.250 e. The molecule has 0 N–H and O–H groups in total. The molecule has 3 heterocycles. The van der Waals surface area contributed by atoms with Gasteiger partial charge in [-0.15, -0.1) is 11.3 Å². The molecule has 6 rings (SSSR count). The third kappa shape index (κ3) is 3.72. The average molecular weight is 459 g/mol. The summed E-state index contributed by atoms with van der Waals surface area (Å²) in [4.78, 5) is 20.2. The van der Waals surface area contributed by atoms with Crippen molar-refractivity contribution in [2.45, 2.75) is 32.1 Å². The van der Waals surface area contributed by atoms with Crippen molar-refractivity contribution in [3.8, 4) is 22.8 Å². The normalized spacial score (nSPS) is 17.9. The maximum absolute atomic E-state index is 13.3. The quantitative estimate of drug-likeness (QED) is 0.533. The Hall–Kier alpha value is -3.12. The predicted molar refractivity (Wildman–Crippen MR) is 130 cm³/mol. The van der Waals surface area contributed by atoms with Gasteiger partial charge in [0.25, 0.3) is 0 Å². The van der Waals surface area contributed by atoms with Gasteiger partial charge in [-0.05, 0) is 54.7 Å². The maximum atomic E-state index is 13.3. The van der Waals surface area contributed by atoms with Crippen LogP contribution in [0.25, 0.3) is 16.8 Å². The number of carbonyl (C=O) groups is 1. The first kappa shape index (κ1) is 20.5. The second-order valence-corrected chi connectivity index (χ2v) is 9.82. The molecule has 2 aromatic carbocycles. The van der Waals surface area contributed by atoms with E-state index in [4.69, 9.17) is 14.5 Å². The van der Waals surface area contributed by atoms with E-state index in [0.29, 0.717) is 19.1 Å². The van der Waals surface area contributed by atoms with Crippen LogP contribution in [0.15, 0.2) is 53.4 Å². The van der Waals surface area contributed by atoms with Gasteiger partial charge in [0.15, 0.2) is 11.5 Å². The highest BCUT2D eigenvalue weighted by Gasteiger charge is 2.30. The number of rotatable bonds is 3. The minimum absolute atomic E-state index is 0.207. The van der Waals surface area contributed by atoms with Crippen molar-refractivity contribution >= 4 is 22.8 Å². The lowest BCUT2D eigenvalue weighted by Gasteiger charge is -2.31. The number of amides is 1. The van der Waals surface area contributed by atoms with E-state index in [0.717, 1.165) is 71.3 Å². The largest absolute Gasteiger partial charge is 0.486 e. The molecule has 6 heteroatoms. The number of thiazole rings is 1. The number of hydrogen-bond donors (Lipinski definition) is 0. The first-order chi connectivity index (χ1) is 16.2. The Morgan fingerprint density at radius 1 is 1.06 bits per heavy atom. The van der Waals surface area contributed by atoms with Crippen LogP contribution in [0.2, 0.25) is 0 Å². The Balaban J connectivity index is 1.12. The van der Waals surface area contributed by atoms with E-state index in [1.807, 2.05) is 23.1 Å². The standard InChI is InChI=1S/C27H26N2O3S/c1-17-21-5-3-2-4-19(21)14-22(17)27(30)29-10-8-18(9-11-29)26-28-23(16-33-26)20-6-7-24-25(15-20)32-13-12-31-24/h2-7,15-16,18H,8-14H2,1H3. The molecule has 3 aliphatic rings. The topological polar surface area (TPSA) is 51.7 Å². The van der Waals surface area contributed by atoms with E-state index in [-0.39, 0.29) is 5.91 Å². The molecule has 0 radical (unpaired) electrons. The molecular formula is C27H26N2O3S. The summed E-state index contributed by atoms with van der Waals surface area (Å²) >= 11 is 1.72. The molecule has 0 unspecified atom stereocenters. The van der Waals surface area contributed by atoms with Crippen molar-refractivity contribution in [2.75, 3.05) is 26.3 Å². The van der Waals surface area contributed by atoms with Crippen LogP contribution in [-0.2, 0) is 11.2 Å². The average Bonchev–Trinajstić information content (AvgIpc) is 3.49.